The smallest absolute Gasteiger partial charge is 0.273 e. The summed E-state index contributed by atoms with van der Waals surface area (Å²) in [5.74, 6) is 0.651. The average molecular weight is 291 g/mol. The van der Waals surface area contributed by atoms with Crippen molar-refractivity contribution in [2.75, 3.05) is 13.7 Å². The zero-order valence-electron chi connectivity index (χ0n) is 12.0. The maximum Gasteiger partial charge on any atom is 0.273 e. The molecule has 1 aliphatic rings. The van der Waals surface area contributed by atoms with Gasteiger partial charge in [-0.25, -0.2) is 0 Å². The Balaban J connectivity index is 2.11. The molecule has 1 aromatic rings. The highest BCUT2D eigenvalue weighted by Crippen LogP contribution is 2.32. The Bertz CT molecular complexity index is 580. The third-order valence-electron chi connectivity index (χ3n) is 3.22. The summed E-state index contributed by atoms with van der Waals surface area (Å²) in [7, 11) is 1.46. The lowest BCUT2D eigenvalue weighted by Gasteiger charge is -2.23. The van der Waals surface area contributed by atoms with Crippen LogP contribution in [0.25, 0.3) is 0 Å². The summed E-state index contributed by atoms with van der Waals surface area (Å²) in [6, 6.07) is 6.66. The summed E-state index contributed by atoms with van der Waals surface area (Å²) in [5, 5.41) is 23.3. The SMILES string of the molecule is COc1ccc([N+](=O)[O-])cc1OCC(C)(C#N)NC1CC1. The molecule has 0 heterocycles. The number of methoxy groups -OCH3 is 1. The van der Waals surface area contributed by atoms with Crippen molar-refractivity contribution in [1.82, 2.24) is 5.32 Å². The molecule has 0 aliphatic heterocycles. The van der Waals surface area contributed by atoms with Gasteiger partial charge in [-0.1, -0.05) is 0 Å². The van der Waals surface area contributed by atoms with Crippen LogP contribution in [-0.2, 0) is 0 Å². The van der Waals surface area contributed by atoms with Crippen LogP contribution in [0.2, 0.25) is 0 Å². The van der Waals surface area contributed by atoms with Gasteiger partial charge in [0.05, 0.1) is 24.2 Å². The van der Waals surface area contributed by atoms with Gasteiger partial charge in [-0.15, -0.1) is 0 Å². The van der Waals surface area contributed by atoms with Crippen molar-refractivity contribution in [2.24, 2.45) is 0 Å². The Kier molecular flexibility index (Phi) is 4.29. The minimum atomic E-state index is -0.837. The first-order valence-electron chi connectivity index (χ1n) is 6.61. The Morgan fingerprint density at radius 3 is 2.76 bits per heavy atom. The van der Waals surface area contributed by atoms with Gasteiger partial charge < -0.3 is 9.47 Å². The molecule has 0 bridgehead atoms. The molecule has 0 aromatic heterocycles. The molecule has 1 N–H and O–H groups in total. The van der Waals surface area contributed by atoms with Crippen molar-refractivity contribution in [1.29, 1.82) is 5.26 Å². The molecule has 1 aromatic carbocycles. The Labute approximate surface area is 122 Å². The second-order valence-corrected chi connectivity index (χ2v) is 5.24. The summed E-state index contributed by atoms with van der Waals surface area (Å²) in [6.07, 6.45) is 2.11. The van der Waals surface area contributed by atoms with Gasteiger partial charge in [0.25, 0.3) is 5.69 Å². The Morgan fingerprint density at radius 2 is 2.24 bits per heavy atom. The van der Waals surface area contributed by atoms with Crippen molar-refractivity contribution in [2.45, 2.75) is 31.3 Å². The molecule has 1 saturated carbocycles. The summed E-state index contributed by atoms with van der Waals surface area (Å²) < 4.78 is 10.7. The van der Waals surface area contributed by atoms with Crippen LogP contribution in [0.4, 0.5) is 5.69 Å². The molecule has 0 radical (unpaired) electrons. The number of nitrogens with zero attached hydrogens (tertiary/aromatic N) is 2. The first-order chi connectivity index (χ1) is 9.97. The van der Waals surface area contributed by atoms with Crippen LogP contribution in [0.1, 0.15) is 19.8 Å². The third-order valence-corrected chi connectivity index (χ3v) is 3.22. The lowest BCUT2D eigenvalue weighted by molar-refractivity contribution is -0.385. The third kappa shape index (κ3) is 3.83. The van der Waals surface area contributed by atoms with Gasteiger partial charge in [0.2, 0.25) is 0 Å². The molecular formula is C14H17N3O4. The van der Waals surface area contributed by atoms with E-state index in [0.29, 0.717) is 11.8 Å². The highest BCUT2D eigenvalue weighted by molar-refractivity contribution is 5.48. The molecule has 7 heteroatoms. The normalized spacial score (nSPS) is 16.6. The van der Waals surface area contributed by atoms with E-state index in [9.17, 15) is 15.4 Å². The van der Waals surface area contributed by atoms with Crippen molar-refractivity contribution in [3.05, 3.63) is 28.3 Å². The average Bonchev–Trinajstić information content (AvgIpc) is 3.28. The highest BCUT2D eigenvalue weighted by atomic mass is 16.6. The van der Waals surface area contributed by atoms with E-state index in [0.717, 1.165) is 12.8 Å². The molecule has 1 unspecified atom stereocenters. The van der Waals surface area contributed by atoms with Gasteiger partial charge in [-0.2, -0.15) is 5.26 Å². The van der Waals surface area contributed by atoms with Crippen LogP contribution in [0.15, 0.2) is 18.2 Å². The summed E-state index contributed by atoms with van der Waals surface area (Å²) in [4.78, 5) is 10.3. The van der Waals surface area contributed by atoms with E-state index >= 15 is 0 Å². The molecular weight excluding hydrogens is 274 g/mol. The number of hydrogen-bond donors (Lipinski definition) is 1. The maximum atomic E-state index is 10.8. The Hall–Kier alpha value is -2.33. The van der Waals surface area contributed by atoms with Crippen LogP contribution >= 0.6 is 0 Å². The van der Waals surface area contributed by atoms with E-state index < -0.39 is 10.5 Å². The van der Waals surface area contributed by atoms with E-state index in [1.54, 1.807) is 6.92 Å². The summed E-state index contributed by atoms with van der Waals surface area (Å²) in [6.45, 7) is 1.83. The number of nitrogens with one attached hydrogen (secondary N) is 1. The van der Waals surface area contributed by atoms with Crippen molar-refractivity contribution >= 4 is 5.69 Å². The van der Waals surface area contributed by atoms with Crippen molar-refractivity contribution in [3.8, 4) is 17.6 Å². The molecule has 0 spiro atoms. The molecule has 1 atom stereocenters. The molecule has 2 rings (SSSR count). The monoisotopic (exact) mass is 291 g/mol. The lowest BCUT2D eigenvalue weighted by atomic mass is 10.1. The molecule has 1 fully saturated rings. The fourth-order valence-electron chi connectivity index (χ4n) is 1.90. The van der Waals surface area contributed by atoms with Crippen LogP contribution in [0.3, 0.4) is 0 Å². The molecule has 0 amide bonds. The molecule has 21 heavy (non-hydrogen) atoms. The van der Waals surface area contributed by atoms with E-state index in [2.05, 4.69) is 11.4 Å². The number of rotatable bonds is 7. The largest absolute Gasteiger partial charge is 0.493 e. The van der Waals surface area contributed by atoms with Crippen LogP contribution in [0.5, 0.6) is 11.5 Å². The van der Waals surface area contributed by atoms with Crippen LogP contribution < -0.4 is 14.8 Å². The van der Waals surface area contributed by atoms with Gasteiger partial charge in [0, 0.05) is 12.1 Å². The molecule has 0 saturated heterocycles. The summed E-state index contributed by atoms with van der Waals surface area (Å²) >= 11 is 0. The number of hydrogen-bond acceptors (Lipinski definition) is 6. The number of nitro benzene ring substituents is 1. The van der Waals surface area contributed by atoms with Gasteiger partial charge in [0.15, 0.2) is 11.5 Å². The van der Waals surface area contributed by atoms with Gasteiger partial charge in [-0.05, 0) is 25.8 Å². The van der Waals surface area contributed by atoms with E-state index in [1.165, 1.54) is 25.3 Å². The lowest BCUT2D eigenvalue weighted by Crippen LogP contribution is -2.47. The van der Waals surface area contributed by atoms with Gasteiger partial charge in [0.1, 0.15) is 12.1 Å². The van der Waals surface area contributed by atoms with Gasteiger partial charge in [-0.3, -0.25) is 15.4 Å². The van der Waals surface area contributed by atoms with E-state index in [1.807, 2.05) is 0 Å². The van der Waals surface area contributed by atoms with E-state index in [4.69, 9.17) is 9.47 Å². The minimum Gasteiger partial charge on any atom is -0.493 e. The predicted molar refractivity (Wildman–Crippen MR) is 75.3 cm³/mol. The van der Waals surface area contributed by atoms with Crippen LogP contribution in [0, 0.1) is 21.4 Å². The van der Waals surface area contributed by atoms with Crippen molar-refractivity contribution < 1.29 is 14.4 Å². The number of non-ortho nitro benzene ring substituents is 1. The Morgan fingerprint density at radius 1 is 1.52 bits per heavy atom. The number of ether oxygens (including phenoxy) is 2. The topological polar surface area (TPSA) is 97.4 Å². The predicted octanol–water partition coefficient (Wildman–Crippen LogP) is 2.02. The van der Waals surface area contributed by atoms with E-state index in [-0.39, 0.29) is 18.0 Å². The first-order valence-corrected chi connectivity index (χ1v) is 6.61. The van der Waals surface area contributed by atoms with Crippen molar-refractivity contribution in [3.63, 3.8) is 0 Å². The maximum absolute atomic E-state index is 10.8. The van der Waals surface area contributed by atoms with Crippen LogP contribution in [-0.4, -0.2) is 30.2 Å². The second-order valence-electron chi connectivity index (χ2n) is 5.24. The summed E-state index contributed by atoms with van der Waals surface area (Å²) in [5.41, 5.74) is -0.920. The number of benzene rings is 1. The zero-order chi connectivity index (χ0) is 15.5. The highest BCUT2D eigenvalue weighted by Gasteiger charge is 2.33. The molecule has 112 valence electrons. The number of nitriles is 1. The fourth-order valence-corrected chi connectivity index (χ4v) is 1.90. The first kappa shape index (κ1) is 15.1. The zero-order valence-corrected chi connectivity index (χ0v) is 12.0. The number of nitro groups is 1. The molecule has 1 aliphatic carbocycles. The standard InChI is InChI=1S/C14H17N3O4/c1-14(8-15,16-10-3-4-10)9-21-13-7-11(17(18)19)5-6-12(13)20-2/h5-7,10,16H,3-4,9H2,1-2H3. The quantitative estimate of drug-likeness (QED) is 0.609. The minimum absolute atomic E-state index is 0.0809. The fraction of sp³-hybridized carbons (Fsp3) is 0.500. The second kappa shape index (κ2) is 5.97. The molecule has 7 nitrogen and oxygen atoms in total. The van der Waals surface area contributed by atoms with Gasteiger partial charge >= 0.3 is 0 Å².